The summed E-state index contributed by atoms with van der Waals surface area (Å²) in [6.45, 7) is 19.3. The minimum Gasteiger partial charge on any atom is -0.310 e. The number of aromatic nitrogens is 1. The van der Waals surface area contributed by atoms with Crippen molar-refractivity contribution in [2.75, 3.05) is 9.80 Å². The van der Waals surface area contributed by atoms with Crippen LogP contribution < -0.4 is 26.2 Å². The van der Waals surface area contributed by atoms with Crippen LogP contribution in [-0.2, 0) is 21.7 Å². The van der Waals surface area contributed by atoms with E-state index < -0.39 is 102 Å². The first-order valence-corrected chi connectivity index (χ1v) is 41.1. The van der Waals surface area contributed by atoms with Gasteiger partial charge in [0.15, 0.2) is 0 Å². The fourth-order valence-electron chi connectivity index (χ4n) is 19.1. The molecule has 119 heavy (non-hydrogen) atoms. The summed E-state index contributed by atoms with van der Waals surface area (Å²) in [4.78, 5) is 4.67. The Hall–Kier alpha value is -13.8. The molecule has 0 saturated carbocycles. The number of anilines is 6. The SMILES string of the molecule is [2H]c1c([2H])c([2H])c(-c2cc3c4c(c2)N(c2c(-c5ccccc5)cc(C(C)(C)C)cc2-c2ccccc2)c2cc(-n5c6c([2H])c([2H])c([2H])c([2H])c6c6c([2H])c([2H])c([2H])c([2H])c65)ccc2B4c2ccc(-c4cccc5c4C(c4ccccc4)(c4cccc(-c6cccc(C(C)(C)C)c6)c4)c4ccccc4-5)cc2N3c2c(-c3ccccc3)cc(C(C)(C)C)cc2-c2ccccc2)c([2H])c1[2H]. The van der Waals surface area contributed by atoms with Crippen molar-refractivity contribution in [2.45, 2.75) is 84.0 Å². The molecular weight excluding hydrogens is 1430 g/mol. The van der Waals surface area contributed by atoms with Gasteiger partial charge >= 0.3 is 0 Å². The molecule has 17 aromatic carbocycles. The molecule has 21 rings (SSSR count). The number of para-hydroxylation sites is 2. The van der Waals surface area contributed by atoms with Crippen LogP contribution in [0.2, 0.25) is 0 Å². The molecule has 0 N–H and O–H groups in total. The molecule has 0 bridgehead atoms. The van der Waals surface area contributed by atoms with E-state index in [2.05, 4.69) is 315 Å². The summed E-state index contributed by atoms with van der Waals surface area (Å²) in [6.07, 6.45) is 0. The quantitative estimate of drug-likeness (QED) is 0.113. The lowest BCUT2D eigenvalue weighted by Gasteiger charge is -2.46. The zero-order chi connectivity index (χ0) is 91.9. The van der Waals surface area contributed by atoms with Crippen LogP contribution in [0, 0.1) is 0 Å². The molecule has 2 aliphatic heterocycles. The number of hydrogen-bond donors (Lipinski definition) is 0. The number of benzene rings is 17. The third-order valence-corrected chi connectivity index (χ3v) is 24.8. The molecule has 4 heteroatoms. The molecule has 0 radical (unpaired) electrons. The number of hydrogen-bond acceptors (Lipinski definition) is 2. The molecule has 0 spiro atoms. The Bertz CT molecular complexity index is 7650. The van der Waals surface area contributed by atoms with E-state index in [1.54, 1.807) is 4.57 Å². The van der Waals surface area contributed by atoms with Gasteiger partial charge in [-0.05, 0) is 211 Å². The van der Waals surface area contributed by atoms with Crippen molar-refractivity contribution in [3.8, 4) is 94.7 Å². The molecule has 0 amide bonds. The lowest BCUT2D eigenvalue weighted by atomic mass is 9.33. The van der Waals surface area contributed by atoms with E-state index in [9.17, 15) is 17.8 Å². The lowest BCUT2D eigenvalue weighted by Crippen LogP contribution is -2.61. The van der Waals surface area contributed by atoms with Crippen LogP contribution in [-0.4, -0.2) is 11.3 Å². The van der Waals surface area contributed by atoms with E-state index in [0.717, 1.165) is 139 Å². The Morgan fingerprint density at radius 3 is 1.22 bits per heavy atom. The average molecular weight is 1540 g/mol. The maximum atomic E-state index is 10.3. The summed E-state index contributed by atoms with van der Waals surface area (Å²) in [5, 5.41) is -0.152. The molecule has 0 saturated heterocycles. The van der Waals surface area contributed by atoms with Crippen LogP contribution in [0.4, 0.5) is 34.1 Å². The van der Waals surface area contributed by atoms with Gasteiger partial charge in [0.2, 0.25) is 0 Å². The fourth-order valence-corrected chi connectivity index (χ4v) is 19.1. The highest BCUT2D eigenvalue weighted by Gasteiger charge is 2.50. The number of rotatable bonds is 12. The van der Waals surface area contributed by atoms with Crippen molar-refractivity contribution in [3.63, 3.8) is 0 Å². The first-order chi connectivity index (χ1) is 63.3. The number of fused-ring (bicyclic) bond motifs is 10. The van der Waals surface area contributed by atoms with E-state index >= 15 is 0 Å². The van der Waals surface area contributed by atoms with Gasteiger partial charge in [0, 0.05) is 61.5 Å². The van der Waals surface area contributed by atoms with Gasteiger partial charge in [0.1, 0.15) is 0 Å². The minimum absolute atomic E-state index is 0.0453. The first-order valence-electron chi connectivity index (χ1n) is 47.6. The van der Waals surface area contributed by atoms with Gasteiger partial charge in [-0.1, -0.05) is 384 Å². The van der Waals surface area contributed by atoms with Crippen LogP contribution in [0.1, 0.15) is 119 Å². The summed E-state index contributed by atoms with van der Waals surface area (Å²) >= 11 is 0. The summed E-state index contributed by atoms with van der Waals surface area (Å²) in [5.74, 6) is 0. The zero-order valence-corrected chi connectivity index (χ0v) is 67.9. The van der Waals surface area contributed by atoms with Crippen molar-refractivity contribution < 1.29 is 17.8 Å². The largest absolute Gasteiger partial charge is 0.310 e. The summed E-state index contributed by atoms with van der Waals surface area (Å²) in [5.41, 5.74) is 25.7. The maximum absolute atomic E-state index is 10.3. The first kappa shape index (κ1) is 59.8. The van der Waals surface area contributed by atoms with Crippen LogP contribution >= 0.6 is 0 Å². The van der Waals surface area contributed by atoms with Crippen molar-refractivity contribution in [1.29, 1.82) is 0 Å². The van der Waals surface area contributed by atoms with Crippen LogP contribution in [0.15, 0.2) is 394 Å². The Labute approximate surface area is 718 Å². The molecule has 1 aromatic heterocycles. The predicted octanol–water partition coefficient (Wildman–Crippen LogP) is 28.8. The van der Waals surface area contributed by atoms with Crippen molar-refractivity contribution >= 4 is 79.0 Å². The fraction of sp³-hybridized carbons (Fsp3) is 0.113. The van der Waals surface area contributed by atoms with E-state index in [1.165, 1.54) is 5.56 Å². The molecule has 1 atom stereocenters. The highest BCUT2D eigenvalue weighted by Crippen LogP contribution is 2.61. The maximum Gasteiger partial charge on any atom is 0.252 e. The highest BCUT2D eigenvalue weighted by molar-refractivity contribution is 7.00. The molecule has 1 unspecified atom stereocenters. The van der Waals surface area contributed by atoms with Crippen LogP contribution in [0.5, 0.6) is 0 Å². The van der Waals surface area contributed by atoms with E-state index in [-0.39, 0.29) is 32.8 Å². The van der Waals surface area contributed by atoms with Gasteiger partial charge in [-0.25, -0.2) is 0 Å². The highest BCUT2D eigenvalue weighted by atomic mass is 15.2. The molecule has 3 nitrogen and oxygen atoms in total. The topological polar surface area (TPSA) is 11.4 Å². The summed E-state index contributed by atoms with van der Waals surface area (Å²) < 4.78 is 128. The van der Waals surface area contributed by atoms with Gasteiger partial charge in [-0.3, -0.25) is 0 Å². The molecule has 3 heterocycles. The Morgan fingerprint density at radius 1 is 0.277 bits per heavy atom. The molecule has 3 aliphatic rings. The smallest absolute Gasteiger partial charge is 0.252 e. The third kappa shape index (κ3) is 12.0. The second-order valence-corrected chi connectivity index (χ2v) is 34.9. The van der Waals surface area contributed by atoms with E-state index in [1.807, 2.05) is 72.8 Å². The minimum atomic E-state index is -0.952. The lowest BCUT2D eigenvalue weighted by molar-refractivity contribution is 0.590. The second kappa shape index (κ2) is 28.3. The molecular formula is C115H92BN3. The third-order valence-electron chi connectivity index (χ3n) is 24.8. The standard InChI is InChI=1S/C115H92BN3/c1-112(2,3)85-51-34-47-80(65-85)81-48-35-52-86(66-81)115(84-49-26-15-27-50-84)99-58-31-28-53-91(99)94-57-36-56-90(108(94)115)82-61-63-100-104(67-82)118(110-95(76-39-18-11-19-40-76)70-87(113(4,5)6)71-96(110)77-41-20-12-21-42-77)106-68-83(75-37-16-10-17-38-75)69-107-109(106)116(100)101-64-62-89(117-102-59-32-29-54-92(102)93-55-30-33-60-103(93)117)74-105(101)119(107)111-97(78-43-22-13-23-44-78)72-88(114(7,8)9)73-98(111)79-45-24-14-25-46-79/h10-74H,1-9H3/i10D,16D,17D,29D,30D,32D,33D,37D,38D,54D,55D,59D,60D. The van der Waals surface area contributed by atoms with Gasteiger partial charge in [0.25, 0.3) is 6.71 Å². The molecule has 0 fully saturated rings. The van der Waals surface area contributed by atoms with Gasteiger partial charge < -0.3 is 14.4 Å². The average Bonchev–Trinajstić information content (AvgIpc) is 0.856. The Balaban J connectivity index is 0.966. The summed E-state index contributed by atoms with van der Waals surface area (Å²) in [7, 11) is 0. The van der Waals surface area contributed by atoms with Gasteiger partial charge in [-0.2, -0.15) is 0 Å². The van der Waals surface area contributed by atoms with Gasteiger partial charge in [-0.15, -0.1) is 0 Å². The zero-order valence-electron chi connectivity index (χ0n) is 80.9. The van der Waals surface area contributed by atoms with Crippen molar-refractivity contribution in [2.24, 2.45) is 0 Å². The van der Waals surface area contributed by atoms with E-state index in [4.69, 9.17) is 0 Å². The normalized spacial score (nSPS) is 15.6. The Kier molecular flexibility index (Phi) is 14.2. The van der Waals surface area contributed by atoms with Crippen LogP contribution in [0.25, 0.3) is 117 Å². The Morgan fingerprint density at radius 2 is 0.689 bits per heavy atom. The predicted molar refractivity (Wildman–Crippen MR) is 506 cm³/mol. The second-order valence-electron chi connectivity index (χ2n) is 34.9. The molecule has 1 aliphatic carbocycles. The molecule has 570 valence electrons. The monoisotopic (exact) mass is 1540 g/mol. The van der Waals surface area contributed by atoms with E-state index in [0.29, 0.717) is 34.0 Å². The van der Waals surface area contributed by atoms with Crippen molar-refractivity contribution in [3.05, 3.63) is 433 Å². The number of nitrogens with zero attached hydrogens (tertiary/aromatic N) is 3. The van der Waals surface area contributed by atoms with Crippen molar-refractivity contribution in [1.82, 2.24) is 4.57 Å². The molecule has 18 aromatic rings. The summed E-state index contributed by atoms with van der Waals surface area (Å²) in [6, 6.07) is 105. The van der Waals surface area contributed by atoms with Gasteiger partial charge in [0.05, 0.1) is 45.6 Å². The van der Waals surface area contributed by atoms with Crippen LogP contribution in [0.3, 0.4) is 0 Å².